The fourth-order valence-corrected chi connectivity index (χ4v) is 2.65. The molecule has 0 N–H and O–H groups in total. The maximum atomic E-state index is 12.7. The van der Waals surface area contributed by atoms with Gasteiger partial charge in [-0.15, -0.1) is 0 Å². The van der Waals surface area contributed by atoms with Gasteiger partial charge in [-0.05, 0) is 12.1 Å². The average molecular weight is 279 g/mol. The number of sulfone groups is 1. The van der Waals surface area contributed by atoms with E-state index in [4.69, 9.17) is 6.57 Å². The number of rotatable bonds is 3. The Hall–Kier alpha value is -1.75. The second-order valence-electron chi connectivity index (χ2n) is 3.24. The summed E-state index contributed by atoms with van der Waals surface area (Å²) in [6.07, 6.45) is -4.83. The van der Waals surface area contributed by atoms with E-state index in [0.29, 0.717) is 6.07 Å². The van der Waals surface area contributed by atoms with E-state index in [1.165, 1.54) is 0 Å². The van der Waals surface area contributed by atoms with Crippen molar-refractivity contribution in [2.45, 2.75) is 11.1 Å². The first kappa shape index (κ1) is 14.3. The zero-order valence-corrected chi connectivity index (χ0v) is 9.97. The van der Waals surface area contributed by atoms with Crippen LogP contribution in [0.5, 0.6) is 5.75 Å². The van der Waals surface area contributed by atoms with Gasteiger partial charge in [-0.2, -0.15) is 13.2 Å². The van der Waals surface area contributed by atoms with Crippen molar-refractivity contribution in [3.63, 3.8) is 0 Å². The van der Waals surface area contributed by atoms with Crippen molar-refractivity contribution in [1.82, 2.24) is 0 Å². The molecular formula is C10H8F3NO3S. The van der Waals surface area contributed by atoms with Gasteiger partial charge >= 0.3 is 12.1 Å². The Morgan fingerprint density at radius 2 is 2.00 bits per heavy atom. The molecule has 0 aliphatic rings. The molecule has 0 saturated carbocycles. The van der Waals surface area contributed by atoms with Crippen molar-refractivity contribution >= 4 is 9.84 Å². The first-order chi connectivity index (χ1) is 8.24. The van der Waals surface area contributed by atoms with E-state index >= 15 is 0 Å². The minimum absolute atomic E-state index is 0.423. The molecule has 0 atom stereocenters. The molecule has 4 nitrogen and oxygen atoms in total. The molecule has 0 aromatic heterocycles. The second kappa shape index (κ2) is 4.86. The van der Waals surface area contributed by atoms with Crippen LogP contribution in [0, 0.1) is 6.57 Å². The van der Waals surface area contributed by atoms with E-state index in [9.17, 15) is 21.6 Å². The molecule has 0 fully saturated rings. The van der Waals surface area contributed by atoms with Gasteiger partial charge in [0.1, 0.15) is 10.6 Å². The third-order valence-corrected chi connectivity index (χ3v) is 3.56. The highest BCUT2D eigenvalue weighted by molar-refractivity contribution is 7.91. The van der Waals surface area contributed by atoms with Crippen molar-refractivity contribution in [1.29, 1.82) is 0 Å². The van der Waals surface area contributed by atoms with Crippen LogP contribution in [0.1, 0.15) is 5.56 Å². The molecule has 1 aromatic carbocycles. The van der Waals surface area contributed by atoms with Crippen LogP contribution in [0.3, 0.4) is 0 Å². The van der Waals surface area contributed by atoms with Crippen LogP contribution < -0.4 is 4.74 Å². The predicted molar refractivity (Wildman–Crippen MR) is 56.7 cm³/mol. The lowest BCUT2D eigenvalue weighted by Gasteiger charge is -2.14. The average Bonchev–Trinajstić information content (AvgIpc) is 2.26. The maximum Gasteiger partial charge on any atom is 0.417 e. The minimum atomic E-state index is -4.83. The Balaban J connectivity index is 3.64. The quantitative estimate of drug-likeness (QED) is 0.798. The molecule has 0 bridgehead atoms. The Bertz CT molecular complexity index is 587. The van der Waals surface area contributed by atoms with Gasteiger partial charge in [0.15, 0.2) is 0 Å². The third kappa shape index (κ3) is 2.73. The molecule has 1 rings (SSSR count). The predicted octanol–water partition coefficient (Wildman–Crippen LogP) is 2.36. The first-order valence-electron chi connectivity index (χ1n) is 4.54. The first-order valence-corrected chi connectivity index (χ1v) is 6.19. The fraction of sp³-hybridized carbons (Fsp3) is 0.300. The van der Waals surface area contributed by atoms with Crippen LogP contribution >= 0.6 is 0 Å². The highest BCUT2D eigenvalue weighted by atomic mass is 32.2. The van der Waals surface area contributed by atoms with Crippen LogP contribution in [0.4, 0.5) is 13.2 Å². The summed E-state index contributed by atoms with van der Waals surface area (Å²) in [6, 6.07) is 2.78. The molecule has 0 unspecified atom stereocenters. The lowest BCUT2D eigenvalue weighted by molar-refractivity contribution is -0.140. The van der Waals surface area contributed by atoms with Crippen LogP contribution in [0.15, 0.2) is 23.1 Å². The molecular weight excluding hydrogens is 271 g/mol. The maximum absolute atomic E-state index is 12.7. The Labute approximate surface area is 102 Å². The van der Waals surface area contributed by atoms with Gasteiger partial charge in [-0.1, -0.05) is 6.07 Å². The zero-order valence-electron chi connectivity index (χ0n) is 9.15. The SMILES string of the molecule is [C-]#[N+]CS(=O)(=O)c1c(OC)cccc1C(F)(F)F. The summed E-state index contributed by atoms with van der Waals surface area (Å²) in [4.78, 5) is 1.63. The number of nitrogens with zero attached hydrogens (tertiary/aromatic N) is 1. The largest absolute Gasteiger partial charge is 0.495 e. The highest BCUT2D eigenvalue weighted by Gasteiger charge is 2.40. The molecule has 0 aliphatic heterocycles. The number of alkyl halides is 3. The molecule has 0 radical (unpaired) electrons. The Morgan fingerprint density at radius 1 is 1.39 bits per heavy atom. The van der Waals surface area contributed by atoms with E-state index in [-0.39, 0.29) is 0 Å². The monoisotopic (exact) mass is 279 g/mol. The lowest BCUT2D eigenvalue weighted by Crippen LogP contribution is -2.15. The lowest BCUT2D eigenvalue weighted by atomic mass is 10.2. The van der Waals surface area contributed by atoms with Crippen LogP contribution in [-0.4, -0.2) is 21.4 Å². The fourth-order valence-electron chi connectivity index (χ4n) is 1.37. The van der Waals surface area contributed by atoms with E-state index in [0.717, 1.165) is 19.2 Å². The van der Waals surface area contributed by atoms with Crippen LogP contribution in [-0.2, 0) is 16.0 Å². The normalized spacial score (nSPS) is 11.9. The van der Waals surface area contributed by atoms with E-state index < -0.39 is 38.1 Å². The van der Waals surface area contributed by atoms with E-state index in [1.54, 1.807) is 0 Å². The van der Waals surface area contributed by atoms with E-state index in [1.807, 2.05) is 0 Å². The summed E-state index contributed by atoms with van der Waals surface area (Å²) in [5, 5.41) is 0. The van der Waals surface area contributed by atoms with Gasteiger partial charge < -0.3 is 4.74 Å². The van der Waals surface area contributed by atoms with Crippen molar-refractivity contribution in [2.24, 2.45) is 0 Å². The Morgan fingerprint density at radius 3 is 2.44 bits per heavy atom. The topological polar surface area (TPSA) is 47.7 Å². The van der Waals surface area contributed by atoms with Crippen molar-refractivity contribution < 1.29 is 26.3 Å². The third-order valence-electron chi connectivity index (χ3n) is 2.05. The number of ether oxygens (including phenoxy) is 1. The standard InChI is InChI=1S/C10H8F3NO3S/c1-14-6-18(15,16)9-7(10(11,12)13)4-3-5-8(9)17-2/h3-5H,6H2,2H3. The smallest absolute Gasteiger partial charge is 0.417 e. The number of hydrogen-bond acceptors (Lipinski definition) is 3. The summed E-state index contributed by atoms with van der Waals surface area (Å²) in [7, 11) is -3.30. The van der Waals surface area contributed by atoms with Gasteiger partial charge in [-0.25, -0.2) is 15.0 Å². The van der Waals surface area contributed by atoms with Gasteiger partial charge in [0.2, 0.25) is 0 Å². The van der Waals surface area contributed by atoms with Gasteiger partial charge in [0.05, 0.1) is 12.7 Å². The molecule has 0 saturated heterocycles. The number of hydrogen-bond donors (Lipinski definition) is 0. The summed E-state index contributed by atoms with van der Waals surface area (Å²) < 4.78 is 66.2. The summed E-state index contributed by atoms with van der Waals surface area (Å²) >= 11 is 0. The molecule has 0 amide bonds. The summed E-state index contributed by atoms with van der Waals surface area (Å²) in [5.41, 5.74) is -1.33. The van der Waals surface area contributed by atoms with Gasteiger partial charge in [-0.3, -0.25) is 4.85 Å². The Kier molecular flexibility index (Phi) is 3.86. The van der Waals surface area contributed by atoms with E-state index in [2.05, 4.69) is 9.58 Å². The molecule has 1 aromatic rings. The number of benzene rings is 1. The van der Waals surface area contributed by atoms with Gasteiger partial charge in [0, 0.05) is 0 Å². The molecule has 0 spiro atoms. The molecule has 0 heterocycles. The molecule has 8 heteroatoms. The molecule has 98 valence electrons. The number of methoxy groups -OCH3 is 1. The van der Waals surface area contributed by atoms with Gasteiger partial charge in [0.25, 0.3) is 9.84 Å². The number of halogens is 3. The summed E-state index contributed by atoms with van der Waals surface area (Å²) in [5.74, 6) is -1.48. The van der Waals surface area contributed by atoms with Crippen molar-refractivity contribution in [2.75, 3.05) is 13.0 Å². The van der Waals surface area contributed by atoms with Crippen molar-refractivity contribution in [3.8, 4) is 5.75 Å². The highest BCUT2D eigenvalue weighted by Crippen LogP contribution is 2.39. The minimum Gasteiger partial charge on any atom is -0.495 e. The van der Waals surface area contributed by atoms with Crippen LogP contribution in [0.25, 0.3) is 4.85 Å². The van der Waals surface area contributed by atoms with Crippen LogP contribution in [0.2, 0.25) is 0 Å². The molecule has 0 aliphatic carbocycles. The molecule has 18 heavy (non-hydrogen) atoms. The zero-order chi connectivity index (χ0) is 14.0. The summed E-state index contributed by atoms with van der Waals surface area (Å²) in [6.45, 7) is 6.49. The second-order valence-corrected chi connectivity index (χ2v) is 5.13. The van der Waals surface area contributed by atoms with Crippen molar-refractivity contribution in [3.05, 3.63) is 35.2 Å².